The highest BCUT2D eigenvalue weighted by molar-refractivity contribution is 5.93. The van der Waals surface area contributed by atoms with Gasteiger partial charge in [0.25, 0.3) is 0 Å². The number of piperidine rings is 3. The van der Waals surface area contributed by atoms with E-state index in [-0.39, 0.29) is 41.8 Å². The molecule has 9 atom stereocenters. The monoisotopic (exact) mass is 690 g/mol. The molecule has 6 heterocycles. The highest BCUT2D eigenvalue weighted by Gasteiger charge is 2.62. The highest BCUT2D eigenvalue weighted by atomic mass is 16.5. The molecule has 3 N–H and O–H groups in total. The zero-order chi connectivity index (χ0) is 35.2. The molecule has 3 saturated heterocycles. The molecule has 10 rings (SSSR count). The number of rotatable bonds is 5. The number of methoxy groups -OCH3 is 3. The Morgan fingerprint density at radius 3 is 2.63 bits per heavy atom. The van der Waals surface area contributed by atoms with Crippen LogP contribution in [0, 0.1) is 23.7 Å². The van der Waals surface area contributed by atoms with Crippen molar-refractivity contribution in [2.24, 2.45) is 23.7 Å². The second kappa shape index (κ2) is 12.3. The van der Waals surface area contributed by atoms with E-state index in [1.807, 2.05) is 0 Å². The Hall–Kier alpha value is -4.08. The molecule has 0 spiro atoms. The number of H-pyrrole nitrogens is 2. The molecule has 4 aliphatic heterocycles. The number of aromatic nitrogens is 2. The highest BCUT2D eigenvalue weighted by Crippen LogP contribution is 2.56. The Morgan fingerprint density at radius 1 is 1.02 bits per heavy atom. The van der Waals surface area contributed by atoms with Crippen LogP contribution in [0.2, 0.25) is 0 Å². The zero-order valence-electron chi connectivity index (χ0n) is 30.4. The van der Waals surface area contributed by atoms with Gasteiger partial charge < -0.3 is 29.5 Å². The van der Waals surface area contributed by atoms with Crippen molar-refractivity contribution < 1.29 is 23.8 Å². The fourth-order valence-electron chi connectivity index (χ4n) is 11.7. The number of benzene rings is 2. The summed E-state index contributed by atoms with van der Waals surface area (Å²) >= 11 is 0. The van der Waals surface area contributed by atoms with Gasteiger partial charge in [0, 0.05) is 76.4 Å². The van der Waals surface area contributed by atoms with Crippen molar-refractivity contribution in [3.05, 3.63) is 76.1 Å². The van der Waals surface area contributed by atoms with E-state index in [0.717, 1.165) is 78.7 Å². The first-order valence-electron chi connectivity index (χ1n) is 19.0. The van der Waals surface area contributed by atoms with Gasteiger partial charge in [-0.15, -0.1) is 0 Å². The van der Waals surface area contributed by atoms with Crippen molar-refractivity contribution >= 4 is 33.7 Å². The Labute approximate surface area is 299 Å². The summed E-state index contributed by atoms with van der Waals surface area (Å²) in [7, 11) is 4.82. The SMILES string of the molecule is C/C=C1/CNC2Cc3c([nH]c4ccccc34)C(c3cc4[nH]c5c(c4cc3OC)CCN3CC4CC(CC)C3C5(C(=O)OC)C4)CC1C2C(=O)OC. The second-order valence-electron chi connectivity index (χ2n) is 15.8. The van der Waals surface area contributed by atoms with Crippen molar-refractivity contribution in [1.29, 1.82) is 0 Å². The Morgan fingerprint density at radius 2 is 1.86 bits per heavy atom. The standard InChI is InChI=1S/C42H50N4O5/c1-6-23-14-22-19-42(41(48)51-5)38-26(12-13-46(21-22)39(23)42)28-18-35(49-3)29(16-33(28)45-38)30-15-27-24(7-2)20-43-34(36(27)40(47)50-4)17-31-25-10-8-9-11-32(25)44-37(30)31/h7-11,16,18,22-23,27,30,34,36,39,43-45H,6,12-15,17,19-21H2,1-5H3/b24-7-. The number of nitrogens with zero attached hydrogens (tertiary/aromatic N) is 1. The molecule has 6 bridgehead atoms. The van der Waals surface area contributed by atoms with Crippen molar-refractivity contribution in [3.8, 4) is 5.75 Å². The van der Waals surface area contributed by atoms with Gasteiger partial charge in [-0.05, 0) is 86.1 Å². The van der Waals surface area contributed by atoms with Gasteiger partial charge in [0.15, 0.2) is 0 Å². The number of carbonyl (C=O) groups excluding carboxylic acids is 2. The number of hydrogen-bond donors (Lipinski definition) is 3. The Kier molecular flexibility index (Phi) is 7.89. The second-order valence-corrected chi connectivity index (χ2v) is 15.8. The molecule has 4 fully saturated rings. The van der Waals surface area contributed by atoms with E-state index < -0.39 is 5.41 Å². The molecule has 2 aromatic carbocycles. The number of para-hydroxylation sites is 1. The third-order valence-corrected chi connectivity index (χ3v) is 13.7. The molecule has 0 radical (unpaired) electrons. The van der Waals surface area contributed by atoms with Crippen LogP contribution in [0.15, 0.2) is 48.0 Å². The topological polar surface area (TPSA) is 109 Å². The van der Waals surface area contributed by atoms with E-state index in [1.165, 1.54) is 41.3 Å². The summed E-state index contributed by atoms with van der Waals surface area (Å²) in [6, 6.07) is 13.1. The summed E-state index contributed by atoms with van der Waals surface area (Å²) < 4.78 is 17.5. The minimum Gasteiger partial charge on any atom is -0.496 e. The summed E-state index contributed by atoms with van der Waals surface area (Å²) in [5.41, 5.74) is 8.40. The van der Waals surface area contributed by atoms with Crippen molar-refractivity contribution in [3.63, 3.8) is 0 Å². The molecular formula is C42H50N4O5. The molecule has 2 aromatic heterocycles. The van der Waals surface area contributed by atoms with Gasteiger partial charge in [-0.25, -0.2) is 0 Å². The fourth-order valence-corrected chi connectivity index (χ4v) is 11.7. The number of nitrogens with one attached hydrogen (secondary N) is 3. The summed E-state index contributed by atoms with van der Waals surface area (Å²) in [4.78, 5) is 38.2. The number of esters is 2. The lowest BCUT2D eigenvalue weighted by Crippen LogP contribution is -2.67. The normalized spacial score (nSPS) is 33.2. The van der Waals surface area contributed by atoms with Crippen LogP contribution in [0.25, 0.3) is 21.8 Å². The van der Waals surface area contributed by atoms with Crippen LogP contribution in [0.4, 0.5) is 0 Å². The maximum absolute atomic E-state index is 14.2. The third kappa shape index (κ3) is 4.66. The van der Waals surface area contributed by atoms with Crippen LogP contribution in [0.5, 0.6) is 5.75 Å². The smallest absolute Gasteiger partial charge is 0.319 e. The lowest BCUT2D eigenvalue weighted by Gasteiger charge is -2.57. The molecule has 9 nitrogen and oxygen atoms in total. The first-order valence-corrected chi connectivity index (χ1v) is 19.0. The Bertz CT molecular complexity index is 2080. The summed E-state index contributed by atoms with van der Waals surface area (Å²) in [6.07, 6.45) is 7.53. The number of hydrogen-bond acceptors (Lipinski definition) is 7. The lowest BCUT2D eigenvalue weighted by molar-refractivity contribution is -0.162. The van der Waals surface area contributed by atoms with E-state index in [1.54, 1.807) is 14.2 Å². The molecule has 268 valence electrons. The van der Waals surface area contributed by atoms with Crippen LogP contribution >= 0.6 is 0 Å². The predicted octanol–water partition coefficient (Wildman–Crippen LogP) is 6.15. The van der Waals surface area contributed by atoms with Crippen molar-refractivity contribution in [2.45, 2.75) is 75.8 Å². The predicted molar refractivity (Wildman–Crippen MR) is 197 cm³/mol. The summed E-state index contributed by atoms with van der Waals surface area (Å²) in [5.74, 6) is 1.07. The van der Waals surface area contributed by atoms with Crippen LogP contribution < -0.4 is 10.1 Å². The largest absolute Gasteiger partial charge is 0.496 e. The fraction of sp³-hybridized carbons (Fsp3) is 0.524. The van der Waals surface area contributed by atoms with Gasteiger partial charge in [0.1, 0.15) is 11.2 Å². The maximum atomic E-state index is 14.2. The molecule has 1 saturated carbocycles. The third-order valence-electron chi connectivity index (χ3n) is 13.7. The first kappa shape index (κ1) is 32.8. The molecule has 0 amide bonds. The van der Waals surface area contributed by atoms with Crippen LogP contribution in [0.3, 0.4) is 0 Å². The first-order chi connectivity index (χ1) is 24.8. The average molecular weight is 691 g/mol. The van der Waals surface area contributed by atoms with Crippen molar-refractivity contribution in [2.75, 3.05) is 41.0 Å². The number of fused-ring (bicyclic) bond motifs is 9. The number of ether oxygens (including phenoxy) is 3. The van der Waals surface area contributed by atoms with Gasteiger partial charge in [-0.2, -0.15) is 0 Å². The average Bonchev–Trinajstić information content (AvgIpc) is 3.68. The van der Waals surface area contributed by atoms with Gasteiger partial charge in [-0.3, -0.25) is 14.5 Å². The molecule has 9 unspecified atom stereocenters. The number of carbonyl (C=O) groups is 2. The molecule has 6 aliphatic rings. The van der Waals surface area contributed by atoms with Crippen molar-refractivity contribution in [1.82, 2.24) is 20.2 Å². The molecule has 51 heavy (non-hydrogen) atoms. The molecular weight excluding hydrogens is 640 g/mol. The minimum absolute atomic E-state index is 0.00336. The summed E-state index contributed by atoms with van der Waals surface area (Å²) in [6.45, 7) is 7.08. The van der Waals surface area contributed by atoms with E-state index in [4.69, 9.17) is 14.2 Å². The van der Waals surface area contributed by atoms with Crippen LogP contribution in [-0.2, 0) is 37.3 Å². The van der Waals surface area contributed by atoms with E-state index in [0.29, 0.717) is 18.3 Å². The van der Waals surface area contributed by atoms with Crippen LogP contribution in [-0.4, -0.2) is 79.9 Å². The van der Waals surface area contributed by atoms with Gasteiger partial charge >= 0.3 is 11.9 Å². The number of allylic oxidation sites excluding steroid dienone is 1. The van der Waals surface area contributed by atoms with E-state index in [2.05, 4.69) is 76.5 Å². The molecule has 4 aromatic rings. The van der Waals surface area contributed by atoms with E-state index in [9.17, 15) is 9.59 Å². The van der Waals surface area contributed by atoms with Gasteiger partial charge in [0.2, 0.25) is 0 Å². The van der Waals surface area contributed by atoms with Gasteiger partial charge in [0.05, 0.1) is 27.2 Å². The minimum atomic E-state index is -0.724. The van der Waals surface area contributed by atoms with E-state index >= 15 is 0 Å². The summed E-state index contributed by atoms with van der Waals surface area (Å²) in [5, 5.41) is 6.02. The zero-order valence-corrected chi connectivity index (χ0v) is 30.4. The van der Waals surface area contributed by atoms with Crippen LogP contribution in [0.1, 0.15) is 73.5 Å². The number of aromatic amines is 2. The molecule has 9 heteroatoms. The lowest BCUT2D eigenvalue weighted by atomic mass is 9.56. The quantitative estimate of drug-likeness (QED) is 0.170. The molecule has 2 aliphatic carbocycles. The van der Waals surface area contributed by atoms with Gasteiger partial charge in [-0.1, -0.05) is 43.2 Å². The Balaban J connectivity index is 1.26. The maximum Gasteiger partial charge on any atom is 0.319 e.